The lowest BCUT2D eigenvalue weighted by atomic mass is 10.1. The molecule has 33 heavy (non-hydrogen) atoms. The largest absolute Gasteiger partial charge is 0.494 e. The van der Waals surface area contributed by atoms with Crippen molar-refractivity contribution in [2.45, 2.75) is 44.8 Å². The Hall–Kier alpha value is -3.51. The fraction of sp³-hybridized carbons (Fsp3) is 0.476. The SMILES string of the molecule is COc1cc(Nc2nc(N[C@@H]3CCOC[C@@H]3N)nnc2C(N)=O)cc2cn(C(C)(C)C)nc12. The first-order chi connectivity index (χ1) is 15.7. The normalized spacial score (nSPS) is 18.8. The Morgan fingerprint density at radius 2 is 2.09 bits per heavy atom. The molecule has 1 saturated heterocycles. The van der Waals surface area contributed by atoms with Crippen molar-refractivity contribution in [3.8, 4) is 5.75 Å². The molecule has 0 spiro atoms. The van der Waals surface area contributed by atoms with Crippen LogP contribution in [-0.2, 0) is 10.3 Å². The van der Waals surface area contributed by atoms with Gasteiger partial charge in [0.05, 0.1) is 19.3 Å². The van der Waals surface area contributed by atoms with Crippen LogP contribution in [0.15, 0.2) is 18.3 Å². The van der Waals surface area contributed by atoms with Gasteiger partial charge < -0.3 is 31.6 Å². The van der Waals surface area contributed by atoms with Gasteiger partial charge in [0.2, 0.25) is 5.95 Å². The van der Waals surface area contributed by atoms with Crippen LogP contribution in [0, 0.1) is 0 Å². The molecule has 12 nitrogen and oxygen atoms in total. The van der Waals surface area contributed by atoms with Crippen molar-refractivity contribution in [3.63, 3.8) is 0 Å². The van der Waals surface area contributed by atoms with Crippen molar-refractivity contribution in [2.24, 2.45) is 11.5 Å². The first-order valence-corrected chi connectivity index (χ1v) is 10.6. The molecule has 3 aromatic rings. The third-order valence-electron chi connectivity index (χ3n) is 5.38. The minimum Gasteiger partial charge on any atom is -0.494 e. The van der Waals surface area contributed by atoms with Crippen molar-refractivity contribution in [3.05, 3.63) is 24.0 Å². The Morgan fingerprint density at radius 3 is 2.76 bits per heavy atom. The fourth-order valence-electron chi connectivity index (χ4n) is 3.56. The first-order valence-electron chi connectivity index (χ1n) is 10.6. The molecule has 0 saturated carbocycles. The second-order valence-corrected chi connectivity index (χ2v) is 8.96. The van der Waals surface area contributed by atoms with Crippen LogP contribution in [0.5, 0.6) is 5.75 Å². The molecule has 176 valence electrons. The molecule has 0 bridgehead atoms. The monoisotopic (exact) mass is 455 g/mol. The minimum absolute atomic E-state index is 0.0764. The summed E-state index contributed by atoms with van der Waals surface area (Å²) in [6.45, 7) is 7.22. The Labute approximate surface area is 191 Å². The topological polar surface area (TPSA) is 168 Å². The standard InChI is InChI=1S/C21H29N9O3/c1-21(2,3)30-9-11-7-12(8-15(32-4)16(11)29-30)24-19-17(18(23)31)27-28-20(26-19)25-14-5-6-33-10-13(14)22/h7-9,13-14H,5-6,10,22H2,1-4H3,(H2,23,31)(H2,24,25,26,28)/t13-,14+/m0/s1. The number of benzene rings is 1. The number of rotatable bonds is 6. The van der Waals surface area contributed by atoms with E-state index in [4.69, 9.17) is 20.9 Å². The van der Waals surface area contributed by atoms with E-state index in [1.165, 1.54) is 0 Å². The summed E-state index contributed by atoms with van der Waals surface area (Å²) < 4.78 is 12.8. The summed E-state index contributed by atoms with van der Waals surface area (Å²) in [6, 6.07) is 3.38. The Kier molecular flexibility index (Phi) is 6.04. The Balaban J connectivity index is 1.68. The van der Waals surface area contributed by atoms with Crippen LogP contribution in [0.2, 0.25) is 0 Å². The second-order valence-electron chi connectivity index (χ2n) is 8.96. The molecule has 2 aromatic heterocycles. The number of amides is 1. The van der Waals surface area contributed by atoms with Gasteiger partial charge in [0.25, 0.3) is 5.91 Å². The highest BCUT2D eigenvalue weighted by molar-refractivity contribution is 5.97. The quantitative estimate of drug-likeness (QED) is 0.426. The number of hydrogen-bond acceptors (Lipinski definition) is 10. The lowest BCUT2D eigenvalue weighted by molar-refractivity contribution is 0.0751. The molecule has 0 radical (unpaired) electrons. The van der Waals surface area contributed by atoms with Crippen LogP contribution in [-0.4, -0.2) is 63.3 Å². The van der Waals surface area contributed by atoms with Crippen LogP contribution in [0.25, 0.3) is 10.9 Å². The fourth-order valence-corrected chi connectivity index (χ4v) is 3.56. The van der Waals surface area contributed by atoms with E-state index in [1.54, 1.807) is 13.2 Å². The average Bonchev–Trinajstić information content (AvgIpc) is 3.19. The van der Waals surface area contributed by atoms with E-state index in [0.29, 0.717) is 31.1 Å². The molecule has 1 fully saturated rings. The molecule has 3 heterocycles. The van der Waals surface area contributed by atoms with Crippen molar-refractivity contribution in [2.75, 3.05) is 31.0 Å². The summed E-state index contributed by atoms with van der Waals surface area (Å²) in [5.74, 6) is 0.233. The van der Waals surface area contributed by atoms with E-state index < -0.39 is 5.91 Å². The van der Waals surface area contributed by atoms with Gasteiger partial charge >= 0.3 is 0 Å². The zero-order valence-corrected chi connectivity index (χ0v) is 19.1. The predicted molar refractivity (Wildman–Crippen MR) is 124 cm³/mol. The number of fused-ring (bicyclic) bond motifs is 1. The minimum atomic E-state index is -0.750. The first kappa shape index (κ1) is 22.7. The number of hydrogen-bond donors (Lipinski definition) is 4. The highest BCUT2D eigenvalue weighted by atomic mass is 16.5. The van der Waals surface area contributed by atoms with Gasteiger partial charge in [-0.05, 0) is 33.3 Å². The van der Waals surface area contributed by atoms with Gasteiger partial charge in [-0.15, -0.1) is 10.2 Å². The molecule has 12 heteroatoms. The highest BCUT2D eigenvalue weighted by Crippen LogP contribution is 2.32. The number of nitrogens with two attached hydrogens (primary N) is 2. The lowest BCUT2D eigenvalue weighted by Gasteiger charge is -2.29. The second kappa shape index (κ2) is 8.79. The molecule has 0 aliphatic carbocycles. The number of ether oxygens (including phenoxy) is 2. The van der Waals surface area contributed by atoms with E-state index in [-0.39, 0.29) is 35.1 Å². The summed E-state index contributed by atoms with van der Waals surface area (Å²) in [5.41, 5.74) is 12.7. The zero-order chi connectivity index (χ0) is 23.8. The number of carbonyl (C=O) groups is 1. The molecule has 1 amide bonds. The summed E-state index contributed by atoms with van der Waals surface area (Å²) >= 11 is 0. The smallest absolute Gasteiger partial charge is 0.273 e. The molecule has 1 aliphatic rings. The van der Waals surface area contributed by atoms with Gasteiger partial charge in [-0.25, -0.2) is 0 Å². The maximum atomic E-state index is 12.0. The third-order valence-corrected chi connectivity index (χ3v) is 5.38. The van der Waals surface area contributed by atoms with E-state index in [1.807, 2.05) is 16.9 Å². The van der Waals surface area contributed by atoms with Crippen LogP contribution >= 0.6 is 0 Å². The van der Waals surface area contributed by atoms with E-state index in [2.05, 4.69) is 51.7 Å². The molecule has 6 N–H and O–H groups in total. The summed E-state index contributed by atoms with van der Waals surface area (Å²) in [5, 5.41) is 19.8. The number of methoxy groups -OCH3 is 1. The number of nitrogens with one attached hydrogen (secondary N) is 2. The van der Waals surface area contributed by atoms with Crippen LogP contribution in [0.1, 0.15) is 37.7 Å². The zero-order valence-electron chi connectivity index (χ0n) is 19.1. The van der Waals surface area contributed by atoms with Gasteiger partial charge in [0.1, 0.15) is 11.3 Å². The molecule has 1 aromatic carbocycles. The van der Waals surface area contributed by atoms with Crippen LogP contribution < -0.4 is 26.8 Å². The van der Waals surface area contributed by atoms with Gasteiger partial charge in [0.15, 0.2) is 11.5 Å². The van der Waals surface area contributed by atoms with Gasteiger partial charge in [-0.1, -0.05) is 0 Å². The molecule has 1 aliphatic heterocycles. The van der Waals surface area contributed by atoms with Crippen molar-refractivity contribution < 1.29 is 14.3 Å². The Bertz CT molecular complexity index is 1170. The van der Waals surface area contributed by atoms with Gasteiger partial charge in [-0.2, -0.15) is 10.1 Å². The molecular formula is C21H29N9O3. The van der Waals surface area contributed by atoms with Crippen molar-refractivity contribution in [1.82, 2.24) is 25.0 Å². The van der Waals surface area contributed by atoms with Crippen molar-refractivity contribution in [1.29, 1.82) is 0 Å². The van der Waals surface area contributed by atoms with E-state index in [9.17, 15) is 4.79 Å². The Morgan fingerprint density at radius 1 is 1.30 bits per heavy atom. The highest BCUT2D eigenvalue weighted by Gasteiger charge is 2.24. The van der Waals surface area contributed by atoms with E-state index in [0.717, 1.165) is 10.9 Å². The average molecular weight is 456 g/mol. The lowest BCUT2D eigenvalue weighted by Crippen LogP contribution is -2.48. The molecule has 0 unspecified atom stereocenters. The summed E-state index contributed by atoms with van der Waals surface area (Å²) in [7, 11) is 1.58. The van der Waals surface area contributed by atoms with E-state index >= 15 is 0 Å². The number of aromatic nitrogens is 5. The molecule has 2 atom stereocenters. The van der Waals surface area contributed by atoms with Crippen molar-refractivity contribution >= 4 is 34.3 Å². The van der Waals surface area contributed by atoms with Crippen LogP contribution in [0.4, 0.5) is 17.5 Å². The number of anilines is 3. The van der Waals surface area contributed by atoms with Gasteiger partial charge in [0, 0.05) is 42.0 Å². The number of carbonyl (C=O) groups excluding carboxylic acids is 1. The maximum Gasteiger partial charge on any atom is 0.273 e. The predicted octanol–water partition coefficient (Wildman–Crippen LogP) is 1.36. The van der Waals surface area contributed by atoms with Crippen LogP contribution in [0.3, 0.4) is 0 Å². The third kappa shape index (κ3) is 4.81. The maximum absolute atomic E-state index is 12.0. The number of nitrogens with zero attached hydrogens (tertiary/aromatic N) is 5. The molecular weight excluding hydrogens is 426 g/mol. The number of primary amides is 1. The van der Waals surface area contributed by atoms with Gasteiger partial charge in [-0.3, -0.25) is 9.48 Å². The summed E-state index contributed by atoms with van der Waals surface area (Å²) in [6.07, 6.45) is 2.65. The molecule has 4 rings (SSSR count). The summed E-state index contributed by atoms with van der Waals surface area (Å²) in [4.78, 5) is 16.4.